The Balaban J connectivity index is 1.54. The lowest BCUT2D eigenvalue weighted by Gasteiger charge is -2.47. The van der Waals surface area contributed by atoms with E-state index in [0.29, 0.717) is 12.0 Å². The van der Waals surface area contributed by atoms with Crippen LogP contribution in [0, 0.1) is 18.7 Å². The summed E-state index contributed by atoms with van der Waals surface area (Å²) in [7, 11) is 2.20. The van der Waals surface area contributed by atoms with Gasteiger partial charge in [-0.15, -0.1) is 0 Å². The lowest BCUT2D eigenvalue weighted by molar-refractivity contribution is 0.0637. The smallest absolute Gasteiger partial charge is 0.129 e. The minimum Gasteiger partial charge on any atom is -0.396 e. The number of hydrogen-bond donors (Lipinski definition) is 1. The average molecular weight is 401 g/mol. The monoisotopic (exact) mass is 400 g/mol. The molecule has 29 heavy (non-hydrogen) atoms. The number of piperazine rings is 1. The second-order valence-electron chi connectivity index (χ2n) is 8.73. The summed E-state index contributed by atoms with van der Waals surface area (Å²) in [6.45, 7) is 8.79. The van der Waals surface area contributed by atoms with Crippen molar-refractivity contribution in [1.82, 2.24) is 14.8 Å². The Labute approximate surface area is 173 Å². The van der Waals surface area contributed by atoms with Gasteiger partial charge in [0.2, 0.25) is 0 Å². The molecule has 4 rings (SSSR count). The van der Waals surface area contributed by atoms with Crippen LogP contribution in [0.15, 0.2) is 24.3 Å². The molecular formula is C23H33FN4O. The van der Waals surface area contributed by atoms with Crippen LogP contribution >= 0.6 is 0 Å². The molecule has 1 aromatic carbocycles. The SMILES string of the molecule is Cc1cc(N2CC[C@H](N3CCN(C)CC3)[C@H](CCCO)C2)nc2ccc(F)cc12. The summed E-state index contributed by atoms with van der Waals surface area (Å²) in [5.74, 6) is 1.31. The van der Waals surface area contributed by atoms with Crippen molar-refractivity contribution in [2.45, 2.75) is 32.2 Å². The molecule has 0 amide bonds. The van der Waals surface area contributed by atoms with Crippen molar-refractivity contribution in [2.75, 3.05) is 57.8 Å². The van der Waals surface area contributed by atoms with Gasteiger partial charge < -0.3 is 14.9 Å². The van der Waals surface area contributed by atoms with Gasteiger partial charge in [-0.2, -0.15) is 0 Å². The largest absolute Gasteiger partial charge is 0.396 e. The Morgan fingerprint density at radius 3 is 2.69 bits per heavy atom. The van der Waals surface area contributed by atoms with E-state index in [1.165, 1.54) is 6.07 Å². The first-order valence-electron chi connectivity index (χ1n) is 10.9. The minimum atomic E-state index is -0.216. The number of benzene rings is 1. The number of aliphatic hydroxyl groups is 1. The Morgan fingerprint density at radius 1 is 1.14 bits per heavy atom. The summed E-state index contributed by atoms with van der Waals surface area (Å²) >= 11 is 0. The van der Waals surface area contributed by atoms with Gasteiger partial charge in [0, 0.05) is 57.3 Å². The molecule has 2 saturated heterocycles. The molecule has 0 unspecified atom stereocenters. The molecule has 158 valence electrons. The van der Waals surface area contributed by atoms with Crippen LogP contribution in [0.5, 0.6) is 0 Å². The van der Waals surface area contributed by atoms with E-state index in [1.54, 1.807) is 12.1 Å². The maximum atomic E-state index is 13.6. The standard InChI is InChI=1S/C23H33FN4O/c1-17-14-23(25-21-6-5-19(24)15-20(17)21)28-8-7-22(18(16-28)4-3-13-29)27-11-9-26(2)10-12-27/h5-6,14-15,18,22,29H,3-4,7-13,16H2,1-2H3/t18-,22+/m1/s1. The highest BCUT2D eigenvalue weighted by Crippen LogP contribution is 2.31. The third kappa shape index (κ3) is 4.55. The molecule has 6 heteroatoms. The number of anilines is 1. The molecule has 1 N–H and O–H groups in total. The number of aryl methyl sites for hydroxylation is 1. The van der Waals surface area contributed by atoms with Gasteiger partial charge >= 0.3 is 0 Å². The topological polar surface area (TPSA) is 42.8 Å². The third-order valence-electron chi connectivity index (χ3n) is 6.72. The van der Waals surface area contributed by atoms with Crippen molar-refractivity contribution >= 4 is 16.7 Å². The van der Waals surface area contributed by atoms with Crippen molar-refractivity contribution in [3.63, 3.8) is 0 Å². The first-order chi connectivity index (χ1) is 14.0. The number of nitrogens with zero attached hydrogens (tertiary/aromatic N) is 4. The van der Waals surface area contributed by atoms with Crippen LogP contribution in [0.3, 0.4) is 0 Å². The number of likely N-dealkylation sites (N-methyl/N-ethyl adjacent to an activating group) is 1. The lowest BCUT2D eigenvalue weighted by atomic mass is 9.86. The van der Waals surface area contributed by atoms with E-state index in [4.69, 9.17) is 4.98 Å². The zero-order chi connectivity index (χ0) is 20.4. The fourth-order valence-corrected chi connectivity index (χ4v) is 5.01. The molecule has 0 radical (unpaired) electrons. The van der Waals surface area contributed by atoms with Gasteiger partial charge in [-0.1, -0.05) is 0 Å². The Hall–Kier alpha value is -1.76. The van der Waals surface area contributed by atoms with Crippen molar-refractivity contribution in [3.8, 4) is 0 Å². The van der Waals surface area contributed by atoms with Crippen LogP contribution in [0.4, 0.5) is 10.2 Å². The zero-order valence-corrected chi connectivity index (χ0v) is 17.6. The van der Waals surface area contributed by atoms with E-state index in [0.717, 1.165) is 80.8 Å². The quantitative estimate of drug-likeness (QED) is 0.836. The predicted molar refractivity (Wildman–Crippen MR) is 116 cm³/mol. The zero-order valence-electron chi connectivity index (χ0n) is 17.6. The first-order valence-corrected chi connectivity index (χ1v) is 10.9. The third-order valence-corrected chi connectivity index (χ3v) is 6.72. The predicted octanol–water partition coefficient (Wildman–Crippen LogP) is 2.90. The van der Waals surface area contributed by atoms with Gasteiger partial charge in [0.05, 0.1) is 5.52 Å². The van der Waals surface area contributed by atoms with E-state index in [9.17, 15) is 9.50 Å². The average Bonchev–Trinajstić information content (AvgIpc) is 2.73. The Bertz CT molecular complexity index is 837. The summed E-state index contributed by atoms with van der Waals surface area (Å²) in [5, 5.41) is 10.3. The fraction of sp³-hybridized carbons (Fsp3) is 0.609. The van der Waals surface area contributed by atoms with E-state index in [1.807, 2.05) is 6.92 Å². The van der Waals surface area contributed by atoms with Crippen LogP contribution in [0.2, 0.25) is 0 Å². The maximum Gasteiger partial charge on any atom is 0.129 e. The van der Waals surface area contributed by atoms with Crippen LogP contribution in [-0.4, -0.2) is 78.9 Å². The first kappa shape index (κ1) is 20.5. The van der Waals surface area contributed by atoms with Crippen molar-refractivity contribution in [1.29, 1.82) is 0 Å². The molecule has 2 fully saturated rings. The van der Waals surface area contributed by atoms with Crippen LogP contribution in [-0.2, 0) is 0 Å². The minimum absolute atomic E-state index is 0.216. The van der Waals surface area contributed by atoms with Crippen LogP contribution in [0.1, 0.15) is 24.8 Å². The summed E-state index contributed by atoms with van der Waals surface area (Å²) in [4.78, 5) is 12.3. The summed E-state index contributed by atoms with van der Waals surface area (Å²) in [6.07, 6.45) is 3.02. The Kier molecular flexibility index (Phi) is 6.32. The van der Waals surface area contributed by atoms with E-state index < -0.39 is 0 Å². The molecule has 0 aliphatic carbocycles. The van der Waals surface area contributed by atoms with Gasteiger partial charge in [-0.25, -0.2) is 9.37 Å². The number of piperidine rings is 1. The van der Waals surface area contributed by atoms with Gasteiger partial charge in [0.25, 0.3) is 0 Å². The molecule has 5 nitrogen and oxygen atoms in total. The molecule has 1 aromatic heterocycles. The number of pyridine rings is 1. The van der Waals surface area contributed by atoms with Crippen LogP contribution < -0.4 is 4.90 Å². The number of aromatic nitrogens is 1. The van der Waals surface area contributed by atoms with E-state index in [2.05, 4.69) is 27.8 Å². The molecule has 2 aliphatic heterocycles. The van der Waals surface area contributed by atoms with E-state index in [-0.39, 0.29) is 12.4 Å². The van der Waals surface area contributed by atoms with Crippen molar-refractivity contribution in [3.05, 3.63) is 35.6 Å². The number of fused-ring (bicyclic) bond motifs is 1. The van der Waals surface area contributed by atoms with Crippen LogP contribution in [0.25, 0.3) is 10.9 Å². The molecule has 2 aromatic rings. The number of aliphatic hydroxyl groups excluding tert-OH is 1. The van der Waals surface area contributed by atoms with Gasteiger partial charge in [0.1, 0.15) is 11.6 Å². The highest BCUT2D eigenvalue weighted by atomic mass is 19.1. The molecule has 0 spiro atoms. The second-order valence-corrected chi connectivity index (χ2v) is 8.73. The molecule has 3 heterocycles. The number of halogens is 1. The highest BCUT2D eigenvalue weighted by molar-refractivity contribution is 5.84. The molecule has 0 saturated carbocycles. The molecular weight excluding hydrogens is 367 g/mol. The fourth-order valence-electron chi connectivity index (χ4n) is 5.01. The summed E-state index contributed by atoms with van der Waals surface area (Å²) in [6, 6.07) is 7.53. The second kappa shape index (κ2) is 8.94. The van der Waals surface area contributed by atoms with E-state index >= 15 is 0 Å². The van der Waals surface area contributed by atoms with Crippen molar-refractivity contribution < 1.29 is 9.50 Å². The normalized spacial score (nSPS) is 24.3. The summed E-state index contributed by atoms with van der Waals surface area (Å²) in [5.41, 5.74) is 1.92. The number of hydrogen-bond acceptors (Lipinski definition) is 5. The number of rotatable bonds is 5. The van der Waals surface area contributed by atoms with Crippen molar-refractivity contribution in [2.24, 2.45) is 5.92 Å². The van der Waals surface area contributed by atoms with Gasteiger partial charge in [-0.3, -0.25) is 4.90 Å². The van der Waals surface area contributed by atoms with Gasteiger partial charge in [0.15, 0.2) is 0 Å². The molecule has 2 aliphatic rings. The highest BCUT2D eigenvalue weighted by Gasteiger charge is 2.34. The lowest BCUT2D eigenvalue weighted by Crippen LogP contribution is -2.56. The summed E-state index contributed by atoms with van der Waals surface area (Å²) < 4.78 is 13.6. The maximum absolute atomic E-state index is 13.6. The Morgan fingerprint density at radius 2 is 1.93 bits per heavy atom. The molecule has 2 atom stereocenters. The van der Waals surface area contributed by atoms with Gasteiger partial charge in [-0.05, 0) is 69.0 Å². The molecule has 0 bridgehead atoms.